The van der Waals surface area contributed by atoms with Gasteiger partial charge in [0.25, 0.3) is 0 Å². The Kier molecular flexibility index (Phi) is 2.88. The van der Waals surface area contributed by atoms with Crippen molar-refractivity contribution in [3.8, 4) is 0 Å². The van der Waals surface area contributed by atoms with E-state index in [0.717, 1.165) is 29.0 Å². The van der Waals surface area contributed by atoms with Gasteiger partial charge in [0.1, 0.15) is 0 Å². The molecule has 3 fully saturated rings. The highest BCUT2D eigenvalue weighted by Crippen LogP contribution is 2.37. The molecule has 0 N–H and O–H groups in total. The van der Waals surface area contributed by atoms with Gasteiger partial charge in [-0.25, -0.2) is 0 Å². The van der Waals surface area contributed by atoms with Gasteiger partial charge in [0, 0.05) is 18.4 Å². The number of fused-ring (bicyclic) bond motifs is 4. The average molecular weight is 268 g/mol. The lowest BCUT2D eigenvalue weighted by Gasteiger charge is -2.45. The van der Waals surface area contributed by atoms with Gasteiger partial charge in [-0.05, 0) is 49.9 Å². The van der Waals surface area contributed by atoms with Gasteiger partial charge in [0.2, 0.25) is 0 Å². The van der Waals surface area contributed by atoms with Gasteiger partial charge >= 0.3 is 0 Å². The summed E-state index contributed by atoms with van der Waals surface area (Å²) in [6.45, 7) is 8.12. The van der Waals surface area contributed by atoms with Crippen LogP contribution in [0.3, 0.4) is 0 Å². The molecule has 20 heavy (non-hydrogen) atoms. The quantitative estimate of drug-likeness (QED) is 0.800. The van der Waals surface area contributed by atoms with Crippen LogP contribution >= 0.6 is 0 Å². The molecule has 3 aliphatic heterocycles. The Morgan fingerprint density at radius 3 is 2.85 bits per heavy atom. The molecule has 0 radical (unpaired) electrons. The lowest BCUT2D eigenvalue weighted by molar-refractivity contribution is 0.0674. The maximum absolute atomic E-state index is 5.40. The first-order chi connectivity index (χ1) is 9.81. The van der Waals surface area contributed by atoms with E-state index < -0.39 is 0 Å². The van der Waals surface area contributed by atoms with Gasteiger partial charge in [-0.3, -0.25) is 0 Å². The van der Waals surface area contributed by atoms with E-state index in [0.29, 0.717) is 5.92 Å². The average Bonchev–Trinajstić information content (AvgIpc) is 2.92. The van der Waals surface area contributed by atoms with Gasteiger partial charge in [0.15, 0.2) is 5.58 Å². The first-order valence-corrected chi connectivity index (χ1v) is 7.54. The van der Waals surface area contributed by atoms with Crippen molar-refractivity contribution in [1.82, 2.24) is 10.1 Å². The molecule has 2 aromatic rings. The lowest BCUT2D eigenvalue weighted by Crippen LogP contribution is -2.48. The molecule has 0 aliphatic carbocycles. The standard InChI is InChI=1S/C17H20N2O/c1-12(15-11-19-8-6-13(15)7-9-19)10-16-14-4-2-3-5-17(14)20-18-16/h2-5,13,15H,1,6-11H2. The van der Waals surface area contributed by atoms with Crippen LogP contribution in [0.1, 0.15) is 18.5 Å². The predicted octanol–water partition coefficient (Wildman–Crippen LogP) is 3.27. The van der Waals surface area contributed by atoms with Crippen molar-refractivity contribution in [1.29, 1.82) is 0 Å². The fraction of sp³-hybridized carbons (Fsp3) is 0.471. The van der Waals surface area contributed by atoms with Crippen molar-refractivity contribution in [2.24, 2.45) is 11.8 Å². The van der Waals surface area contributed by atoms with Crippen LogP contribution in [0.15, 0.2) is 40.9 Å². The van der Waals surface area contributed by atoms with Crippen molar-refractivity contribution in [3.63, 3.8) is 0 Å². The minimum atomic E-state index is 0.646. The topological polar surface area (TPSA) is 29.3 Å². The number of nitrogens with zero attached hydrogens (tertiary/aromatic N) is 2. The summed E-state index contributed by atoms with van der Waals surface area (Å²) in [6, 6.07) is 8.09. The van der Waals surface area contributed by atoms with Crippen LogP contribution in [-0.2, 0) is 6.42 Å². The summed E-state index contributed by atoms with van der Waals surface area (Å²) in [7, 11) is 0. The Balaban J connectivity index is 1.55. The molecule has 3 saturated heterocycles. The first-order valence-electron chi connectivity index (χ1n) is 7.54. The maximum Gasteiger partial charge on any atom is 0.167 e. The number of piperidine rings is 3. The van der Waals surface area contributed by atoms with Crippen molar-refractivity contribution >= 4 is 11.0 Å². The largest absolute Gasteiger partial charge is 0.356 e. The normalized spacial score (nSPS) is 28.9. The van der Waals surface area contributed by atoms with Gasteiger partial charge in [-0.2, -0.15) is 0 Å². The molecular formula is C17H20N2O. The Labute approximate surface area is 119 Å². The van der Waals surface area contributed by atoms with Crippen LogP contribution in [0.4, 0.5) is 0 Å². The number of para-hydroxylation sites is 1. The predicted molar refractivity (Wildman–Crippen MR) is 79.5 cm³/mol. The molecule has 3 heteroatoms. The van der Waals surface area contributed by atoms with Gasteiger partial charge < -0.3 is 9.42 Å². The monoisotopic (exact) mass is 268 g/mol. The number of aromatic nitrogens is 1. The minimum Gasteiger partial charge on any atom is -0.356 e. The van der Waals surface area contributed by atoms with Crippen LogP contribution < -0.4 is 0 Å². The Morgan fingerprint density at radius 2 is 2.10 bits per heavy atom. The molecule has 1 atom stereocenters. The first kappa shape index (κ1) is 12.2. The van der Waals surface area contributed by atoms with Gasteiger partial charge in [-0.15, -0.1) is 0 Å². The summed E-state index contributed by atoms with van der Waals surface area (Å²) >= 11 is 0. The summed E-state index contributed by atoms with van der Waals surface area (Å²) < 4.78 is 5.40. The molecule has 1 aromatic carbocycles. The molecular weight excluding hydrogens is 248 g/mol. The molecule has 3 aliphatic rings. The summed E-state index contributed by atoms with van der Waals surface area (Å²) in [4.78, 5) is 2.58. The molecule has 1 aromatic heterocycles. The minimum absolute atomic E-state index is 0.646. The highest BCUT2D eigenvalue weighted by atomic mass is 16.5. The zero-order valence-electron chi connectivity index (χ0n) is 11.7. The highest BCUT2D eigenvalue weighted by molar-refractivity contribution is 5.79. The summed E-state index contributed by atoms with van der Waals surface area (Å²) in [5, 5.41) is 5.38. The number of hydrogen-bond donors (Lipinski definition) is 0. The summed E-state index contributed by atoms with van der Waals surface area (Å²) in [5.74, 6) is 1.48. The molecule has 4 heterocycles. The van der Waals surface area contributed by atoms with E-state index in [-0.39, 0.29) is 0 Å². The SMILES string of the molecule is C=C(Cc1noc2ccccc12)C1CN2CCC1CC2. The van der Waals surface area contributed by atoms with Crippen molar-refractivity contribution < 1.29 is 4.52 Å². The van der Waals surface area contributed by atoms with E-state index in [4.69, 9.17) is 4.52 Å². The maximum atomic E-state index is 5.40. The molecule has 5 rings (SSSR count). The van der Waals surface area contributed by atoms with E-state index in [9.17, 15) is 0 Å². The molecule has 2 bridgehead atoms. The third-order valence-electron chi connectivity index (χ3n) is 5.03. The second kappa shape index (κ2) is 4.74. The zero-order valence-corrected chi connectivity index (χ0v) is 11.7. The number of hydrogen-bond acceptors (Lipinski definition) is 3. The van der Waals surface area contributed by atoms with Gasteiger partial charge in [-0.1, -0.05) is 29.4 Å². The Hall–Kier alpha value is -1.61. The van der Waals surface area contributed by atoms with Crippen LogP contribution in [0, 0.1) is 11.8 Å². The molecule has 3 nitrogen and oxygen atoms in total. The van der Waals surface area contributed by atoms with Crippen molar-refractivity contribution in [2.75, 3.05) is 19.6 Å². The van der Waals surface area contributed by atoms with Gasteiger partial charge in [0.05, 0.1) is 5.69 Å². The third-order valence-corrected chi connectivity index (χ3v) is 5.03. The van der Waals surface area contributed by atoms with Crippen molar-refractivity contribution in [3.05, 3.63) is 42.1 Å². The van der Waals surface area contributed by atoms with E-state index in [1.54, 1.807) is 0 Å². The van der Waals surface area contributed by atoms with Crippen LogP contribution in [-0.4, -0.2) is 29.7 Å². The zero-order chi connectivity index (χ0) is 13.5. The smallest absolute Gasteiger partial charge is 0.167 e. The van der Waals surface area contributed by atoms with E-state index >= 15 is 0 Å². The van der Waals surface area contributed by atoms with E-state index in [1.807, 2.05) is 18.2 Å². The Morgan fingerprint density at radius 1 is 1.30 bits per heavy atom. The van der Waals surface area contributed by atoms with Crippen molar-refractivity contribution in [2.45, 2.75) is 19.3 Å². The fourth-order valence-electron chi connectivity index (χ4n) is 3.84. The van der Waals surface area contributed by atoms with E-state index in [2.05, 4.69) is 22.7 Å². The molecule has 1 unspecified atom stereocenters. The molecule has 104 valence electrons. The van der Waals surface area contributed by atoms with Crippen LogP contribution in [0.5, 0.6) is 0 Å². The molecule has 0 spiro atoms. The number of benzene rings is 1. The highest BCUT2D eigenvalue weighted by Gasteiger charge is 2.35. The lowest BCUT2D eigenvalue weighted by atomic mass is 9.74. The molecule has 0 saturated carbocycles. The van der Waals surface area contributed by atoms with E-state index in [1.165, 1.54) is 38.0 Å². The second-order valence-corrected chi connectivity index (χ2v) is 6.20. The van der Waals surface area contributed by atoms with Crippen LogP contribution in [0.2, 0.25) is 0 Å². The second-order valence-electron chi connectivity index (χ2n) is 6.20. The third kappa shape index (κ3) is 1.97. The number of rotatable bonds is 3. The fourth-order valence-corrected chi connectivity index (χ4v) is 3.84. The summed E-state index contributed by atoms with van der Waals surface area (Å²) in [5.41, 5.74) is 3.25. The summed E-state index contributed by atoms with van der Waals surface area (Å²) in [6.07, 6.45) is 3.53. The molecule has 0 amide bonds. The Bertz CT molecular complexity index is 637. The van der Waals surface area contributed by atoms with Crippen LogP contribution in [0.25, 0.3) is 11.0 Å².